The van der Waals surface area contributed by atoms with Crippen LogP contribution in [0.4, 0.5) is 30.2 Å². The number of hydrogen-bond donors (Lipinski definition) is 1. The first-order valence-electron chi connectivity index (χ1n) is 10.0. The van der Waals surface area contributed by atoms with Gasteiger partial charge in [0.25, 0.3) is 16.9 Å². The Balaban J connectivity index is 1.58. The number of aromatic amines is 1. The predicted molar refractivity (Wildman–Crippen MR) is 115 cm³/mol. The van der Waals surface area contributed by atoms with Crippen molar-refractivity contribution in [1.29, 1.82) is 0 Å². The second kappa shape index (κ2) is 8.70. The normalized spacial score (nSPS) is 15.0. The van der Waals surface area contributed by atoms with Gasteiger partial charge in [0.05, 0.1) is 32.9 Å². The summed E-state index contributed by atoms with van der Waals surface area (Å²) in [4.78, 5) is 43.5. The van der Waals surface area contributed by atoms with Gasteiger partial charge in [0.2, 0.25) is 0 Å². The maximum atomic E-state index is 13.1. The van der Waals surface area contributed by atoms with Crippen LogP contribution >= 0.6 is 0 Å². The van der Waals surface area contributed by atoms with E-state index < -0.39 is 38.6 Å². The number of nitrogens with one attached hydrogen (secondary N) is 1. The number of anilines is 1. The van der Waals surface area contributed by atoms with Crippen LogP contribution in [-0.4, -0.2) is 50.9 Å². The number of hydrogen-bond acceptors (Lipinski definition) is 8. The molecule has 1 N–H and O–H groups in total. The third-order valence-electron chi connectivity index (χ3n) is 5.51. The lowest BCUT2D eigenvalue weighted by atomic mass is 10.1. The predicted octanol–water partition coefficient (Wildman–Crippen LogP) is 3.08. The largest absolute Gasteiger partial charge is 0.416 e. The molecule has 1 fully saturated rings. The Morgan fingerprint density at radius 3 is 2.15 bits per heavy atom. The fourth-order valence-electron chi connectivity index (χ4n) is 3.92. The second-order valence-corrected chi connectivity index (χ2v) is 7.67. The molecule has 4 rings (SSSR count). The summed E-state index contributed by atoms with van der Waals surface area (Å²) in [6.07, 6.45) is -4.98. The van der Waals surface area contributed by atoms with Crippen molar-refractivity contribution in [3.8, 4) is 0 Å². The van der Waals surface area contributed by atoms with Gasteiger partial charge in [0.1, 0.15) is 5.82 Å². The van der Waals surface area contributed by atoms with Gasteiger partial charge < -0.3 is 9.88 Å². The van der Waals surface area contributed by atoms with Crippen LogP contribution in [0.1, 0.15) is 11.4 Å². The molecular weight excluding hydrogens is 461 g/mol. The molecule has 34 heavy (non-hydrogen) atoms. The number of fused-ring (bicyclic) bond motifs is 1. The van der Waals surface area contributed by atoms with Gasteiger partial charge >= 0.3 is 6.18 Å². The van der Waals surface area contributed by atoms with Crippen LogP contribution in [0.2, 0.25) is 0 Å². The molecule has 0 atom stereocenters. The lowest BCUT2D eigenvalue weighted by Crippen LogP contribution is -2.46. The summed E-state index contributed by atoms with van der Waals surface area (Å²) in [6, 6.07) is 7.46. The van der Waals surface area contributed by atoms with E-state index in [9.17, 15) is 38.2 Å². The topological polar surface area (TPSA) is 139 Å². The van der Waals surface area contributed by atoms with Crippen molar-refractivity contribution >= 4 is 28.0 Å². The lowest BCUT2D eigenvalue weighted by Gasteiger charge is -2.35. The van der Waals surface area contributed by atoms with E-state index in [1.54, 1.807) is 24.3 Å². The molecule has 0 spiro atoms. The molecule has 1 aliphatic rings. The number of nitrogens with zero attached hydrogens (tertiary/aromatic N) is 5. The Morgan fingerprint density at radius 1 is 1.00 bits per heavy atom. The van der Waals surface area contributed by atoms with E-state index in [4.69, 9.17) is 0 Å². The van der Waals surface area contributed by atoms with Crippen LogP contribution in [0.25, 0.3) is 10.9 Å². The minimum Gasteiger partial charge on any atom is -0.358 e. The summed E-state index contributed by atoms with van der Waals surface area (Å²) in [7, 11) is 0. The minimum atomic E-state index is -4.98. The third kappa shape index (κ3) is 4.52. The van der Waals surface area contributed by atoms with Crippen molar-refractivity contribution in [3.05, 3.63) is 78.4 Å². The molecule has 2 aromatic carbocycles. The Bertz CT molecular complexity index is 1300. The zero-order valence-corrected chi connectivity index (χ0v) is 17.4. The van der Waals surface area contributed by atoms with E-state index in [2.05, 4.69) is 9.97 Å². The zero-order chi connectivity index (χ0) is 24.6. The molecule has 1 saturated heterocycles. The van der Waals surface area contributed by atoms with E-state index in [1.165, 1.54) is 4.90 Å². The molecule has 0 saturated carbocycles. The van der Waals surface area contributed by atoms with E-state index >= 15 is 0 Å². The van der Waals surface area contributed by atoms with Crippen molar-refractivity contribution < 1.29 is 23.0 Å². The van der Waals surface area contributed by atoms with Gasteiger partial charge in [-0.2, -0.15) is 13.2 Å². The van der Waals surface area contributed by atoms with Gasteiger partial charge in [0, 0.05) is 38.3 Å². The highest BCUT2D eigenvalue weighted by molar-refractivity contribution is 5.77. The summed E-state index contributed by atoms with van der Waals surface area (Å²) in [6.45, 7) is 0.999. The number of piperazine rings is 1. The Hall–Kier alpha value is -4.07. The standard InChI is InChI=1S/C20H17F3N6O5/c21-20(22,23)12-9-15(28(31)32)18(16(10-12)29(33)34)27-7-5-26(6-8-27)11-17-24-14-4-2-1-3-13(14)19(30)25-17/h1-4,9-10H,5-8,11H2,(H,24,25,30). The quantitative estimate of drug-likeness (QED) is 0.436. The van der Waals surface area contributed by atoms with E-state index in [0.29, 0.717) is 28.9 Å². The summed E-state index contributed by atoms with van der Waals surface area (Å²) < 4.78 is 39.4. The Kier molecular flexibility index (Phi) is 5.91. The van der Waals surface area contributed by atoms with Crippen molar-refractivity contribution in [2.24, 2.45) is 0 Å². The van der Waals surface area contributed by atoms with Crippen LogP contribution in [0.5, 0.6) is 0 Å². The van der Waals surface area contributed by atoms with E-state index in [1.807, 2.05) is 4.90 Å². The first kappa shape index (κ1) is 23.1. The number of H-pyrrole nitrogens is 1. The molecule has 0 bridgehead atoms. The Labute approximate surface area is 188 Å². The van der Waals surface area contributed by atoms with Gasteiger partial charge in [-0.25, -0.2) is 4.98 Å². The van der Waals surface area contributed by atoms with Crippen LogP contribution < -0.4 is 10.5 Å². The van der Waals surface area contributed by atoms with E-state index in [-0.39, 0.29) is 38.3 Å². The number of alkyl halides is 3. The molecule has 0 radical (unpaired) electrons. The molecule has 3 aromatic rings. The van der Waals surface area contributed by atoms with Crippen LogP contribution in [0.15, 0.2) is 41.2 Å². The van der Waals surface area contributed by atoms with Gasteiger partial charge in [0.15, 0.2) is 5.69 Å². The van der Waals surface area contributed by atoms with Gasteiger partial charge in [-0.1, -0.05) is 12.1 Å². The Morgan fingerprint density at radius 2 is 1.59 bits per heavy atom. The molecule has 0 aliphatic carbocycles. The third-order valence-corrected chi connectivity index (χ3v) is 5.51. The van der Waals surface area contributed by atoms with Crippen molar-refractivity contribution in [2.75, 3.05) is 31.1 Å². The molecule has 14 heteroatoms. The van der Waals surface area contributed by atoms with Crippen LogP contribution in [0.3, 0.4) is 0 Å². The smallest absolute Gasteiger partial charge is 0.358 e. The highest BCUT2D eigenvalue weighted by Crippen LogP contribution is 2.43. The highest BCUT2D eigenvalue weighted by atomic mass is 19.4. The number of para-hydroxylation sites is 1. The maximum Gasteiger partial charge on any atom is 0.416 e. The molecule has 11 nitrogen and oxygen atoms in total. The fourth-order valence-corrected chi connectivity index (χ4v) is 3.92. The molecule has 2 heterocycles. The number of benzene rings is 2. The molecule has 1 aromatic heterocycles. The van der Waals surface area contributed by atoms with Gasteiger partial charge in [-0.3, -0.25) is 29.9 Å². The SMILES string of the molecule is O=c1[nH]c(CN2CCN(c3c([N+](=O)[O-])cc(C(F)(F)F)cc3[N+](=O)[O-])CC2)nc2ccccc12. The second-order valence-electron chi connectivity index (χ2n) is 7.67. The van der Waals surface area contributed by atoms with Gasteiger partial charge in [-0.05, 0) is 12.1 Å². The summed E-state index contributed by atoms with van der Waals surface area (Å²) in [5.41, 5.74) is -3.64. The van der Waals surface area contributed by atoms with Crippen molar-refractivity contribution in [1.82, 2.24) is 14.9 Å². The van der Waals surface area contributed by atoms with Crippen molar-refractivity contribution in [3.63, 3.8) is 0 Å². The molecular formula is C20H17F3N6O5. The average Bonchev–Trinajstić information content (AvgIpc) is 2.78. The maximum absolute atomic E-state index is 13.1. The molecule has 1 aliphatic heterocycles. The summed E-state index contributed by atoms with van der Waals surface area (Å²) >= 11 is 0. The first-order chi connectivity index (χ1) is 16.0. The number of nitro benzene ring substituents is 2. The zero-order valence-electron chi connectivity index (χ0n) is 17.4. The number of aromatic nitrogens is 2. The monoisotopic (exact) mass is 478 g/mol. The number of halogens is 3. The highest BCUT2D eigenvalue weighted by Gasteiger charge is 2.39. The minimum absolute atomic E-state index is 0.0882. The lowest BCUT2D eigenvalue weighted by molar-refractivity contribution is -0.393. The van der Waals surface area contributed by atoms with Gasteiger partial charge in [-0.15, -0.1) is 0 Å². The summed E-state index contributed by atoms with van der Waals surface area (Å²) in [5, 5.41) is 23.4. The van der Waals surface area contributed by atoms with E-state index in [0.717, 1.165) is 0 Å². The molecule has 0 unspecified atom stereocenters. The number of nitro groups is 2. The van der Waals surface area contributed by atoms with Crippen LogP contribution in [-0.2, 0) is 12.7 Å². The fraction of sp³-hybridized carbons (Fsp3) is 0.300. The first-order valence-corrected chi connectivity index (χ1v) is 10.0. The summed E-state index contributed by atoms with van der Waals surface area (Å²) in [5.74, 6) is 0.406. The number of rotatable bonds is 5. The average molecular weight is 478 g/mol. The van der Waals surface area contributed by atoms with Crippen molar-refractivity contribution in [2.45, 2.75) is 12.7 Å². The molecule has 178 valence electrons. The van der Waals surface area contributed by atoms with Crippen LogP contribution in [0, 0.1) is 20.2 Å². The molecule has 0 amide bonds.